The fourth-order valence-corrected chi connectivity index (χ4v) is 5.27. The smallest absolute Gasteiger partial charge is 0.258 e. The zero-order valence-corrected chi connectivity index (χ0v) is 19.9. The van der Waals surface area contributed by atoms with E-state index < -0.39 is 16.2 Å². The lowest BCUT2D eigenvalue weighted by atomic mass is 10.1. The highest BCUT2D eigenvalue weighted by molar-refractivity contribution is 7.89. The summed E-state index contributed by atoms with van der Waals surface area (Å²) in [7, 11) is -0.502. The first kappa shape index (κ1) is 22.6. The standard InChI is InChI=1S/C25H27N3O5S/c1-27(2)34(30,31)19-11-9-17(10-12-19)22-13-14-23(33-22)24-26-21-8-4-3-7-20(21)25(29)28(24)16-18-6-5-15-32-18/h3-4,7-14,18,24,26H,5-6,15-16H2,1-2H3/t18-,24-/m1/s1. The van der Waals surface area contributed by atoms with Crippen LogP contribution in [0.1, 0.15) is 35.1 Å². The van der Waals surface area contributed by atoms with Crippen LogP contribution in [0.5, 0.6) is 0 Å². The predicted molar refractivity (Wildman–Crippen MR) is 128 cm³/mol. The molecule has 0 bridgehead atoms. The Bertz CT molecular complexity index is 1290. The second-order valence-electron chi connectivity index (χ2n) is 8.70. The van der Waals surface area contributed by atoms with Gasteiger partial charge >= 0.3 is 0 Å². The molecule has 2 aromatic carbocycles. The van der Waals surface area contributed by atoms with E-state index >= 15 is 0 Å². The fourth-order valence-electron chi connectivity index (χ4n) is 4.37. The van der Waals surface area contributed by atoms with Crippen molar-refractivity contribution >= 4 is 21.6 Å². The number of para-hydroxylation sites is 1. The number of nitrogens with zero attached hydrogens (tertiary/aromatic N) is 2. The van der Waals surface area contributed by atoms with E-state index in [0.717, 1.165) is 24.1 Å². The van der Waals surface area contributed by atoms with E-state index in [-0.39, 0.29) is 16.9 Å². The molecule has 0 aliphatic carbocycles. The van der Waals surface area contributed by atoms with Crippen LogP contribution in [0.15, 0.2) is 70.0 Å². The molecule has 2 aliphatic heterocycles. The number of carbonyl (C=O) groups excluding carboxylic acids is 1. The van der Waals surface area contributed by atoms with E-state index in [2.05, 4.69) is 5.32 Å². The Balaban J connectivity index is 1.45. The molecule has 2 aliphatic rings. The molecule has 2 atom stereocenters. The van der Waals surface area contributed by atoms with Gasteiger partial charge in [-0.25, -0.2) is 12.7 Å². The molecule has 5 rings (SSSR count). The maximum absolute atomic E-state index is 13.4. The zero-order valence-electron chi connectivity index (χ0n) is 19.1. The monoisotopic (exact) mass is 481 g/mol. The molecular formula is C25H27N3O5S. The van der Waals surface area contributed by atoms with Gasteiger partial charge < -0.3 is 19.4 Å². The lowest BCUT2D eigenvalue weighted by Gasteiger charge is -2.37. The van der Waals surface area contributed by atoms with Gasteiger partial charge in [-0.3, -0.25) is 4.79 Å². The molecule has 178 valence electrons. The van der Waals surface area contributed by atoms with Crippen LogP contribution in [0.3, 0.4) is 0 Å². The van der Waals surface area contributed by atoms with Crippen LogP contribution in [0.25, 0.3) is 11.3 Å². The van der Waals surface area contributed by atoms with Gasteiger partial charge in [0.05, 0.1) is 16.6 Å². The lowest BCUT2D eigenvalue weighted by molar-refractivity contribution is 0.0403. The van der Waals surface area contributed by atoms with Crippen LogP contribution in [0.2, 0.25) is 0 Å². The number of rotatable bonds is 6. The van der Waals surface area contributed by atoms with Crippen molar-refractivity contribution in [1.82, 2.24) is 9.21 Å². The zero-order chi connectivity index (χ0) is 23.9. The third-order valence-corrected chi connectivity index (χ3v) is 8.09. The minimum absolute atomic E-state index is 0.000801. The summed E-state index contributed by atoms with van der Waals surface area (Å²) in [4.78, 5) is 15.4. The Morgan fingerprint density at radius 2 is 1.82 bits per heavy atom. The molecule has 1 saturated heterocycles. The van der Waals surface area contributed by atoms with Gasteiger partial charge in [-0.1, -0.05) is 12.1 Å². The van der Waals surface area contributed by atoms with E-state index in [0.29, 0.717) is 30.2 Å². The first-order valence-corrected chi connectivity index (χ1v) is 12.7. The van der Waals surface area contributed by atoms with Crippen molar-refractivity contribution < 1.29 is 22.4 Å². The quantitative estimate of drug-likeness (QED) is 0.573. The molecule has 1 fully saturated rings. The average Bonchev–Trinajstić information content (AvgIpc) is 3.53. The molecular weight excluding hydrogens is 454 g/mol. The highest BCUT2D eigenvalue weighted by Gasteiger charge is 2.36. The molecule has 0 unspecified atom stereocenters. The third kappa shape index (κ3) is 4.11. The summed E-state index contributed by atoms with van der Waals surface area (Å²) in [6.45, 7) is 1.18. The summed E-state index contributed by atoms with van der Waals surface area (Å²) < 4.78 is 37.9. The van der Waals surface area contributed by atoms with E-state index in [1.807, 2.05) is 36.4 Å². The van der Waals surface area contributed by atoms with Gasteiger partial charge in [0.25, 0.3) is 5.91 Å². The van der Waals surface area contributed by atoms with Gasteiger partial charge in [0.1, 0.15) is 11.5 Å². The summed E-state index contributed by atoms with van der Waals surface area (Å²) in [6, 6.07) is 17.7. The number of furan rings is 1. The highest BCUT2D eigenvalue weighted by atomic mass is 32.2. The molecule has 3 aromatic rings. The number of sulfonamides is 1. The van der Waals surface area contributed by atoms with Crippen molar-refractivity contribution in [3.63, 3.8) is 0 Å². The second-order valence-corrected chi connectivity index (χ2v) is 10.9. The van der Waals surface area contributed by atoms with E-state index in [1.54, 1.807) is 29.2 Å². The Morgan fingerprint density at radius 3 is 2.53 bits per heavy atom. The number of fused-ring (bicyclic) bond motifs is 1. The van der Waals surface area contributed by atoms with Gasteiger partial charge in [0, 0.05) is 38.5 Å². The number of hydrogen-bond acceptors (Lipinski definition) is 6. The Labute approximate surface area is 199 Å². The molecule has 0 spiro atoms. The van der Waals surface area contributed by atoms with Crippen LogP contribution >= 0.6 is 0 Å². The number of ether oxygens (including phenoxy) is 1. The lowest BCUT2D eigenvalue weighted by Crippen LogP contribution is -2.46. The number of anilines is 1. The number of amides is 1. The molecule has 0 saturated carbocycles. The van der Waals surface area contributed by atoms with Crippen molar-refractivity contribution in [2.24, 2.45) is 0 Å². The number of nitrogens with one attached hydrogen (secondary N) is 1. The first-order chi connectivity index (χ1) is 16.3. The Hall–Kier alpha value is -3.14. The van der Waals surface area contributed by atoms with Crippen molar-refractivity contribution in [2.75, 3.05) is 32.6 Å². The molecule has 0 radical (unpaired) electrons. The fraction of sp³-hybridized carbons (Fsp3) is 0.320. The van der Waals surface area contributed by atoms with Gasteiger partial charge in [-0.2, -0.15) is 0 Å². The van der Waals surface area contributed by atoms with Crippen LogP contribution in [-0.4, -0.2) is 56.9 Å². The largest absolute Gasteiger partial charge is 0.457 e. The van der Waals surface area contributed by atoms with Crippen LogP contribution in [0.4, 0.5) is 5.69 Å². The summed E-state index contributed by atoms with van der Waals surface area (Å²) in [6.07, 6.45) is 1.43. The summed E-state index contributed by atoms with van der Waals surface area (Å²) in [5.74, 6) is 1.13. The molecule has 1 amide bonds. The van der Waals surface area contributed by atoms with Crippen molar-refractivity contribution in [1.29, 1.82) is 0 Å². The summed E-state index contributed by atoms with van der Waals surface area (Å²) in [5.41, 5.74) is 2.13. The molecule has 3 heterocycles. The minimum atomic E-state index is -3.50. The third-order valence-electron chi connectivity index (χ3n) is 6.26. The van der Waals surface area contributed by atoms with Crippen LogP contribution in [0, 0.1) is 0 Å². The number of benzene rings is 2. The maximum atomic E-state index is 13.4. The van der Waals surface area contributed by atoms with E-state index in [1.165, 1.54) is 18.4 Å². The van der Waals surface area contributed by atoms with Crippen molar-refractivity contribution in [2.45, 2.75) is 30.0 Å². The minimum Gasteiger partial charge on any atom is -0.457 e. The average molecular weight is 482 g/mol. The molecule has 34 heavy (non-hydrogen) atoms. The molecule has 1 aromatic heterocycles. The van der Waals surface area contributed by atoms with Crippen molar-refractivity contribution in [3.05, 3.63) is 72.0 Å². The van der Waals surface area contributed by atoms with Gasteiger partial charge in [-0.05, 0) is 61.4 Å². The first-order valence-electron chi connectivity index (χ1n) is 11.3. The van der Waals surface area contributed by atoms with Crippen molar-refractivity contribution in [3.8, 4) is 11.3 Å². The van der Waals surface area contributed by atoms with Crippen LogP contribution < -0.4 is 5.32 Å². The summed E-state index contributed by atoms with van der Waals surface area (Å²) in [5, 5.41) is 3.44. The molecule has 8 nitrogen and oxygen atoms in total. The van der Waals surface area contributed by atoms with Gasteiger partial charge in [-0.15, -0.1) is 0 Å². The topological polar surface area (TPSA) is 92.1 Å². The molecule has 9 heteroatoms. The van der Waals surface area contributed by atoms with Gasteiger partial charge in [0.15, 0.2) is 6.17 Å². The normalized spacial score (nSPS) is 20.4. The number of carbonyl (C=O) groups is 1. The Kier molecular flexibility index (Phi) is 5.93. The molecule has 1 N–H and O–H groups in total. The highest BCUT2D eigenvalue weighted by Crippen LogP contribution is 2.36. The van der Waals surface area contributed by atoms with E-state index in [9.17, 15) is 13.2 Å². The maximum Gasteiger partial charge on any atom is 0.258 e. The Morgan fingerprint density at radius 1 is 1.06 bits per heavy atom. The second kappa shape index (κ2) is 8.90. The van der Waals surface area contributed by atoms with Gasteiger partial charge in [0.2, 0.25) is 10.0 Å². The summed E-state index contributed by atoms with van der Waals surface area (Å²) >= 11 is 0. The van der Waals surface area contributed by atoms with Crippen LogP contribution in [-0.2, 0) is 14.8 Å². The SMILES string of the molecule is CN(C)S(=O)(=O)c1ccc(-c2ccc([C@@H]3Nc4ccccc4C(=O)N3C[C@H]3CCCO3)o2)cc1. The van der Waals surface area contributed by atoms with E-state index in [4.69, 9.17) is 9.15 Å². The predicted octanol–water partition coefficient (Wildman–Crippen LogP) is 3.94. The number of hydrogen-bond donors (Lipinski definition) is 1.